The lowest BCUT2D eigenvalue weighted by molar-refractivity contribution is 0.0627. The van der Waals surface area contributed by atoms with E-state index in [9.17, 15) is 4.79 Å². The van der Waals surface area contributed by atoms with Crippen molar-refractivity contribution in [2.24, 2.45) is 0 Å². The summed E-state index contributed by atoms with van der Waals surface area (Å²) in [5.74, 6) is 1.02. The van der Waals surface area contributed by atoms with Gasteiger partial charge in [0, 0.05) is 56.5 Å². The number of rotatable bonds is 5. The van der Waals surface area contributed by atoms with Gasteiger partial charge in [0.2, 0.25) is 0 Å². The lowest BCUT2D eigenvalue weighted by atomic mass is 10.2. The normalized spacial score (nSPS) is 15.1. The molecular formula is C22H26N4O2. The molecule has 146 valence electrons. The third-order valence-electron chi connectivity index (χ3n) is 5.49. The number of carbonyl (C=O) groups is 1. The van der Waals surface area contributed by atoms with Crippen LogP contribution in [0.25, 0.3) is 0 Å². The van der Waals surface area contributed by atoms with Gasteiger partial charge in [0.1, 0.15) is 5.76 Å². The number of amides is 1. The van der Waals surface area contributed by atoms with Gasteiger partial charge in [-0.3, -0.25) is 14.7 Å². The van der Waals surface area contributed by atoms with Crippen LogP contribution in [0.1, 0.15) is 33.1 Å². The average molecular weight is 378 g/mol. The second kappa shape index (κ2) is 8.02. The van der Waals surface area contributed by atoms with Gasteiger partial charge in [-0.05, 0) is 43.7 Å². The highest BCUT2D eigenvalue weighted by Crippen LogP contribution is 2.20. The summed E-state index contributed by atoms with van der Waals surface area (Å²) in [7, 11) is 0. The summed E-state index contributed by atoms with van der Waals surface area (Å²) in [5, 5.41) is 0. The van der Waals surface area contributed by atoms with Gasteiger partial charge in [0.05, 0.1) is 18.4 Å². The van der Waals surface area contributed by atoms with Gasteiger partial charge in [-0.2, -0.15) is 0 Å². The van der Waals surface area contributed by atoms with Crippen molar-refractivity contribution >= 4 is 5.91 Å². The van der Waals surface area contributed by atoms with E-state index in [0.717, 1.165) is 55.4 Å². The zero-order valence-corrected chi connectivity index (χ0v) is 16.5. The Morgan fingerprint density at radius 1 is 1.11 bits per heavy atom. The minimum absolute atomic E-state index is 0.125. The van der Waals surface area contributed by atoms with Gasteiger partial charge in [-0.1, -0.05) is 6.07 Å². The van der Waals surface area contributed by atoms with E-state index in [1.807, 2.05) is 49.2 Å². The molecule has 0 aliphatic carbocycles. The number of nitrogens with zero attached hydrogens (tertiary/aromatic N) is 4. The lowest BCUT2D eigenvalue weighted by Crippen LogP contribution is -2.48. The Labute approximate surface area is 165 Å². The molecular weight excluding hydrogens is 352 g/mol. The van der Waals surface area contributed by atoms with E-state index in [4.69, 9.17) is 4.42 Å². The highest BCUT2D eigenvalue weighted by molar-refractivity contribution is 5.95. The van der Waals surface area contributed by atoms with Crippen LogP contribution in [0.2, 0.25) is 0 Å². The fraction of sp³-hybridized carbons (Fsp3) is 0.364. The first-order chi connectivity index (χ1) is 13.6. The first kappa shape index (κ1) is 18.5. The van der Waals surface area contributed by atoms with Gasteiger partial charge in [0.15, 0.2) is 0 Å². The molecule has 3 aromatic heterocycles. The molecule has 0 N–H and O–H groups in total. The quantitative estimate of drug-likeness (QED) is 0.685. The Kier molecular flexibility index (Phi) is 5.30. The van der Waals surface area contributed by atoms with Crippen LogP contribution >= 0.6 is 0 Å². The average Bonchev–Trinajstić information content (AvgIpc) is 3.33. The van der Waals surface area contributed by atoms with Crippen LogP contribution in [-0.4, -0.2) is 51.4 Å². The van der Waals surface area contributed by atoms with Gasteiger partial charge in [0.25, 0.3) is 5.91 Å². The lowest BCUT2D eigenvalue weighted by Gasteiger charge is -2.34. The highest BCUT2D eigenvalue weighted by atomic mass is 16.3. The molecule has 3 aromatic rings. The maximum Gasteiger partial charge on any atom is 0.255 e. The molecule has 28 heavy (non-hydrogen) atoms. The van der Waals surface area contributed by atoms with Crippen LogP contribution in [0.5, 0.6) is 0 Å². The second-order valence-corrected chi connectivity index (χ2v) is 7.38. The SMILES string of the molecule is Cc1cc(C(=O)N2CCN(Cc3cccnc3)CC2)c(C)n1Cc1ccco1. The summed E-state index contributed by atoms with van der Waals surface area (Å²) < 4.78 is 7.61. The molecule has 1 saturated heterocycles. The van der Waals surface area contributed by atoms with Crippen LogP contribution in [0.3, 0.4) is 0 Å². The third kappa shape index (κ3) is 3.87. The fourth-order valence-corrected chi connectivity index (χ4v) is 3.85. The molecule has 1 aliphatic heterocycles. The summed E-state index contributed by atoms with van der Waals surface area (Å²) in [4.78, 5) is 21.6. The van der Waals surface area contributed by atoms with Crippen molar-refractivity contribution in [3.63, 3.8) is 0 Å². The number of pyridine rings is 1. The van der Waals surface area contributed by atoms with E-state index in [1.165, 1.54) is 5.56 Å². The van der Waals surface area contributed by atoms with Crippen LogP contribution in [0.15, 0.2) is 53.4 Å². The first-order valence-electron chi connectivity index (χ1n) is 9.71. The topological polar surface area (TPSA) is 54.5 Å². The van der Waals surface area contributed by atoms with Crippen LogP contribution in [-0.2, 0) is 13.1 Å². The van der Waals surface area contributed by atoms with Crippen molar-refractivity contribution < 1.29 is 9.21 Å². The minimum Gasteiger partial charge on any atom is -0.467 e. The molecule has 0 bridgehead atoms. The minimum atomic E-state index is 0.125. The van der Waals surface area contributed by atoms with Crippen molar-refractivity contribution in [1.82, 2.24) is 19.4 Å². The van der Waals surface area contributed by atoms with Crippen LogP contribution < -0.4 is 0 Å². The number of aryl methyl sites for hydroxylation is 1. The molecule has 6 heteroatoms. The van der Waals surface area contributed by atoms with E-state index >= 15 is 0 Å². The van der Waals surface area contributed by atoms with E-state index < -0.39 is 0 Å². The molecule has 1 aliphatic rings. The molecule has 0 radical (unpaired) electrons. The summed E-state index contributed by atoms with van der Waals surface area (Å²) in [6.45, 7) is 8.85. The molecule has 1 fully saturated rings. The second-order valence-electron chi connectivity index (χ2n) is 7.38. The van der Waals surface area contributed by atoms with E-state index in [0.29, 0.717) is 6.54 Å². The smallest absolute Gasteiger partial charge is 0.255 e. The Morgan fingerprint density at radius 2 is 1.93 bits per heavy atom. The molecule has 0 spiro atoms. The molecule has 4 heterocycles. The number of furan rings is 1. The van der Waals surface area contributed by atoms with Gasteiger partial charge >= 0.3 is 0 Å². The highest BCUT2D eigenvalue weighted by Gasteiger charge is 2.25. The standard InChI is InChI=1S/C22H26N4O2/c1-17-13-21(18(2)26(17)16-20-6-4-12-28-20)22(27)25-10-8-24(9-11-25)15-19-5-3-7-23-14-19/h3-7,12-14H,8-11,15-16H2,1-2H3. The van der Waals surface area contributed by atoms with Crippen molar-refractivity contribution in [2.75, 3.05) is 26.2 Å². The molecule has 1 amide bonds. The molecule has 4 rings (SSSR count). The predicted octanol–water partition coefficient (Wildman–Crippen LogP) is 3.10. The number of hydrogen-bond donors (Lipinski definition) is 0. The summed E-state index contributed by atoms with van der Waals surface area (Å²) >= 11 is 0. The number of carbonyl (C=O) groups excluding carboxylic acids is 1. The van der Waals surface area contributed by atoms with E-state index in [1.54, 1.807) is 12.5 Å². The predicted molar refractivity (Wildman–Crippen MR) is 107 cm³/mol. The molecule has 6 nitrogen and oxygen atoms in total. The summed E-state index contributed by atoms with van der Waals surface area (Å²) in [5.41, 5.74) is 4.08. The fourth-order valence-electron chi connectivity index (χ4n) is 3.85. The Balaban J connectivity index is 1.40. The largest absolute Gasteiger partial charge is 0.467 e. The van der Waals surface area contributed by atoms with Crippen LogP contribution in [0.4, 0.5) is 0 Å². The van der Waals surface area contributed by atoms with Crippen molar-refractivity contribution in [3.8, 4) is 0 Å². The maximum atomic E-state index is 13.1. The first-order valence-corrected chi connectivity index (χ1v) is 9.71. The van der Waals surface area contributed by atoms with Crippen molar-refractivity contribution in [2.45, 2.75) is 26.9 Å². The van der Waals surface area contributed by atoms with Gasteiger partial charge in [-0.15, -0.1) is 0 Å². The molecule has 0 saturated carbocycles. The molecule has 0 atom stereocenters. The number of hydrogen-bond acceptors (Lipinski definition) is 4. The van der Waals surface area contributed by atoms with E-state index in [-0.39, 0.29) is 5.91 Å². The molecule has 0 unspecified atom stereocenters. The van der Waals surface area contributed by atoms with Gasteiger partial charge in [-0.25, -0.2) is 0 Å². The number of aromatic nitrogens is 2. The Morgan fingerprint density at radius 3 is 2.61 bits per heavy atom. The monoisotopic (exact) mass is 378 g/mol. The van der Waals surface area contributed by atoms with Crippen molar-refractivity contribution in [1.29, 1.82) is 0 Å². The molecule has 0 aromatic carbocycles. The Hall–Kier alpha value is -2.86. The van der Waals surface area contributed by atoms with E-state index in [2.05, 4.69) is 20.5 Å². The Bertz CT molecular complexity index is 923. The summed E-state index contributed by atoms with van der Waals surface area (Å²) in [6, 6.07) is 9.91. The van der Waals surface area contributed by atoms with Crippen LogP contribution in [0, 0.1) is 13.8 Å². The number of piperazine rings is 1. The zero-order chi connectivity index (χ0) is 19.5. The van der Waals surface area contributed by atoms with Crippen molar-refractivity contribution in [3.05, 3.63) is 77.3 Å². The van der Waals surface area contributed by atoms with Gasteiger partial charge < -0.3 is 13.9 Å². The zero-order valence-electron chi connectivity index (χ0n) is 16.5. The third-order valence-corrected chi connectivity index (χ3v) is 5.49. The maximum absolute atomic E-state index is 13.1. The summed E-state index contributed by atoms with van der Waals surface area (Å²) in [6.07, 6.45) is 5.38.